The first-order chi connectivity index (χ1) is 16.7. The maximum atomic E-state index is 13.2. The summed E-state index contributed by atoms with van der Waals surface area (Å²) < 4.78 is 0. The second-order valence-electron chi connectivity index (χ2n) is 7.72. The molecule has 0 radical (unpaired) electrons. The topological polar surface area (TPSA) is 200 Å². The fourth-order valence-corrected chi connectivity index (χ4v) is 3.66. The molecule has 1 heterocycles. The number of carboxylic acids is 1. The molecule has 1 aromatic heterocycles. The van der Waals surface area contributed by atoms with E-state index in [0.717, 1.165) is 0 Å². The van der Waals surface area contributed by atoms with E-state index < -0.39 is 41.8 Å². The van der Waals surface area contributed by atoms with Crippen molar-refractivity contribution in [2.24, 2.45) is 5.73 Å². The van der Waals surface area contributed by atoms with E-state index in [0.29, 0.717) is 17.0 Å². The number of hydrogen-bond acceptors (Lipinski definition) is 8. The lowest BCUT2D eigenvalue weighted by Crippen LogP contribution is -2.57. The van der Waals surface area contributed by atoms with Crippen molar-refractivity contribution >= 4 is 35.5 Å². The smallest absolute Gasteiger partial charge is 0.326 e. The average Bonchev–Trinajstić information content (AvgIpc) is 3.34. The number of aliphatic carboxylic acids is 1. The number of nitrogens with zero attached hydrogens (tertiary/aromatic N) is 1. The Hall–Kier alpha value is -3.58. The Morgan fingerprint density at radius 1 is 1.03 bits per heavy atom. The van der Waals surface area contributed by atoms with Gasteiger partial charge >= 0.3 is 5.97 Å². The summed E-state index contributed by atoms with van der Waals surface area (Å²) in [6.07, 6.45) is 5.03. The minimum atomic E-state index is -1.18. The number of rotatable bonds is 14. The van der Waals surface area contributed by atoms with Gasteiger partial charge < -0.3 is 36.9 Å². The Balaban J connectivity index is 2.22. The number of amides is 3. The normalized spacial score (nSPS) is 13.3. The van der Waals surface area contributed by atoms with Crippen LogP contribution in [0.15, 0.2) is 36.8 Å². The summed E-state index contributed by atoms with van der Waals surface area (Å²) in [6, 6.07) is 2.76. The molecule has 3 unspecified atom stereocenters. The Morgan fingerprint density at radius 2 is 1.66 bits per heavy atom. The van der Waals surface area contributed by atoms with Crippen LogP contribution in [0.25, 0.3) is 0 Å². The number of carboxylic acid groups (broad SMARTS) is 1. The van der Waals surface area contributed by atoms with Crippen molar-refractivity contribution in [2.45, 2.75) is 37.4 Å². The Kier molecular flexibility index (Phi) is 11.0. The first kappa shape index (κ1) is 27.7. The number of phenolic OH excluding ortho intramolecular Hbond substituents is 1. The van der Waals surface area contributed by atoms with Crippen LogP contribution in [0.2, 0.25) is 0 Å². The van der Waals surface area contributed by atoms with Crippen molar-refractivity contribution in [1.82, 2.24) is 25.9 Å². The fraction of sp³-hybridized carbons (Fsp3) is 0.409. The second kappa shape index (κ2) is 14.0. The summed E-state index contributed by atoms with van der Waals surface area (Å²) >= 11 is 1.45. The molecule has 0 saturated carbocycles. The molecule has 0 bridgehead atoms. The largest absolute Gasteiger partial charge is 0.508 e. The standard InChI is InChI=1S/C22H30N6O6S/c1-35-7-6-16(22(33)34)27-21(32)18(9-14-11-24-12-25-14)28-20(31)17(26-19(30)10-23)8-13-2-4-15(29)5-3-13/h2-5,11-12,16-18,29H,6-10,23H2,1H3,(H,24,25)(H,26,30)(H,27,32)(H,28,31)(H,33,34). The highest BCUT2D eigenvalue weighted by Crippen LogP contribution is 2.12. The summed E-state index contributed by atoms with van der Waals surface area (Å²) in [5.41, 5.74) is 6.58. The van der Waals surface area contributed by atoms with Crippen molar-refractivity contribution in [3.8, 4) is 5.75 Å². The van der Waals surface area contributed by atoms with Gasteiger partial charge in [-0.3, -0.25) is 14.4 Å². The SMILES string of the molecule is CSCCC(NC(=O)C(Cc1cnc[nH]1)NC(=O)C(Cc1ccc(O)cc1)NC(=O)CN)C(=O)O. The van der Waals surface area contributed by atoms with E-state index in [-0.39, 0.29) is 31.6 Å². The molecule has 3 amide bonds. The highest BCUT2D eigenvalue weighted by molar-refractivity contribution is 7.98. The quantitative estimate of drug-likeness (QED) is 0.170. The molecule has 3 atom stereocenters. The molecule has 13 heteroatoms. The molecule has 8 N–H and O–H groups in total. The van der Waals surface area contributed by atoms with Gasteiger partial charge in [0.25, 0.3) is 0 Å². The third-order valence-corrected chi connectivity index (χ3v) is 5.69. The molecule has 2 rings (SSSR count). The van der Waals surface area contributed by atoms with Crippen LogP contribution >= 0.6 is 11.8 Å². The number of carbonyl (C=O) groups is 4. The van der Waals surface area contributed by atoms with Gasteiger partial charge in [0.05, 0.1) is 12.9 Å². The number of aromatic hydroxyl groups is 1. The molecule has 35 heavy (non-hydrogen) atoms. The van der Waals surface area contributed by atoms with Crippen LogP contribution in [0.1, 0.15) is 17.7 Å². The first-order valence-corrected chi connectivity index (χ1v) is 12.2. The number of phenols is 1. The zero-order valence-electron chi connectivity index (χ0n) is 19.2. The molecule has 2 aromatic rings. The van der Waals surface area contributed by atoms with Gasteiger partial charge in [0, 0.05) is 24.7 Å². The van der Waals surface area contributed by atoms with Gasteiger partial charge in [-0.2, -0.15) is 11.8 Å². The van der Waals surface area contributed by atoms with Crippen LogP contribution in [0, 0.1) is 0 Å². The van der Waals surface area contributed by atoms with E-state index in [1.807, 2.05) is 6.26 Å². The number of thioether (sulfide) groups is 1. The van der Waals surface area contributed by atoms with Crippen LogP contribution in [0.5, 0.6) is 5.75 Å². The van der Waals surface area contributed by atoms with Gasteiger partial charge in [0.15, 0.2) is 0 Å². The minimum absolute atomic E-state index is 0.0171. The van der Waals surface area contributed by atoms with Crippen LogP contribution in [-0.4, -0.2) is 80.6 Å². The summed E-state index contributed by atoms with van der Waals surface area (Å²) in [4.78, 5) is 56.5. The number of imidazole rings is 1. The lowest BCUT2D eigenvalue weighted by molar-refractivity contribution is -0.142. The lowest BCUT2D eigenvalue weighted by atomic mass is 10.0. The molecule has 190 valence electrons. The second-order valence-corrected chi connectivity index (χ2v) is 8.70. The predicted molar refractivity (Wildman–Crippen MR) is 130 cm³/mol. The molecule has 1 aromatic carbocycles. The number of aromatic amines is 1. The highest BCUT2D eigenvalue weighted by Gasteiger charge is 2.30. The number of aromatic nitrogens is 2. The van der Waals surface area contributed by atoms with E-state index >= 15 is 0 Å². The highest BCUT2D eigenvalue weighted by atomic mass is 32.2. The summed E-state index contributed by atoms with van der Waals surface area (Å²) in [5, 5.41) is 26.6. The first-order valence-electron chi connectivity index (χ1n) is 10.8. The van der Waals surface area contributed by atoms with E-state index in [4.69, 9.17) is 5.73 Å². The molecular formula is C22H30N6O6S. The third-order valence-electron chi connectivity index (χ3n) is 5.05. The summed E-state index contributed by atoms with van der Waals surface area (Å²) in [6.45, 7) is -0.340. The van der Waals surface area contributed by atoms with Crippen LogP contribution in [-0.2, 0) is 32.0 Å². The molecule has 0 fully saturated rings. The van der Waals surface area contributed by atoms with Gasteiger partial charge in [-0.05, 0) is 36.1 Å². The maximum absolute atomic E-state index is 13.2. The van der Waals surface area contributed by atoms with Crippen molar-refractivity contribution in [3.05, 3.63) is 48.0 Å². The van der Waals surface area contributed by atoms with Gasteiger partial charge in [-0.25, -0.2) is 9.78 Å². The van der Waals surface area contributed by atoms with Gasteiger partial charge in [0.1, 0.15) is 23.9 Å². The number of hydrogen-bond donors (Lipinski definition) is 7. The minimum Gasteiger partial charge on any atom is -0.508 e. The van der Waals surface area contributed by atoms with Gasteiger partial charge in [-0.15, -0.1) is 0 Å². The van der Waals surface area contributed by atoms with Crippen molar-refractivity contribution < 1.29 is 29.4 Å². The Bertz CT molecular complexity index is 985. The van der Waals surface area contributed by atoms with E-state index in [9.17, 15) is 29.4 Å². The van der Waals surface area contributed by atoms with Gasteiger partial charge in [-0.1, -0.05) is 12.1 Å². The number of H-pyrrole nitrogens is 1. The molecule has 0 aliphatic heterocycles. The fourth-order valence-electron chi connectivity index (χ4n) is 3.19. The summed E-state index contributed by atoms with van der Waals surface area (Å²) in [7, 11) is 0. The number of benzene rings is 1. The van der Waals surface area contributed by atoms with Crippen LogP contribution in [0.4, 0.5) is 0 Å². The molecule has 0 saturated heterocycles. The lowest BCUT2D eigenvalue weighted by Gasteiger charge is -2.24. The zero-order chi connectivity index (χ0) is 25.8. The van der Waals surface area contributed by atoms with Crippen molar-refractivity contribution in [1.29, 1.82) is 0 Å². The average molecular weight is 507 g/mol. The summed E-state index contributed by atoms with van der Waals surface area (Å²) in [5.74, 6) is -2.52. The Morgan fingerprint density at radius 3 is 2.20 bits per heavy atom. The molecule has 0 aliphatic rings. The van der Waals surface area contributed by atoms with Crippen molar-refractivity contribution in [3.63, 3.8) is 0 Å². The molecular weight excluding hydrogens is 476 g/mol. The molecule has 0 spiro atoms. The number of nitrogens with one attached hydrogen (secondary N) is 4. The Labute approximate surface area is 206 Å². The molecule has 12 nitrogen and oxygen atoms in total. The van der Waals surface area contributed by atoms with E-state index in [1.165, 1.54) is 36.4 Å². The predicted octanol–water partition coefficient (Wildman–Crippen LogP) is -0.849. The number of nitrogens with two attached hydrogens (primary N) is 1. The zero-order valence-corrected chi connectivity index (χ0v) is 20.0. The van der Waals surface area contributed by atoms with Gasteiger partial charge in [0.2, 0.25) is 17.7 Å². The third kappa shape index (κ3) is 9.29. The molecule has 0 aliphatic carbocycles. The van der Waals surface area contributed by atoms with Crippen molar-refractivity contribution in [2.75, 3.05) is 18.6 Å². The van der Waals surface area contributed by atoms with Crippen LogP contribution < -0.4 is 21.7 Å². The van der Waals surface area contributed by atoms with E-state index in [1.54, 1.807) is 12.1 Å². The maximum Gasteiger partial charge on any atom is 0.326 e. The monoisotopic (exact) mass is 506 g/mol. The van der Waals surface area contributed by atoms with Crippen LogP contribution in [0.3, 0.4) is 0 Å². The van der Waals surface area contributed by atoms with E-state index in [2.05, 4.69) is 25.9 Å². The number of carbonyl (C=O) groups excluding carboxylic acids is 3.